The van der Waals surface area contributed by atoms with Crippen LogP contribution in [-0.4, -0.2) is 31.1 Å². The highest BCUT2D eigenvalue weighted by molar-refractivity contribution is 7.89. The number of carbonyl (C=O) groups is 1. The zero-order chi connectivity index (χ0) is 22.9. The number of aryl methyl sites for hydroxylation is 1. The molecule has 0 aliphatic carbocycles. The van der Waals surface area contributed by atoms with Gasteiger partial charge in [0, 0.05) is 18.9 Å². The number of anilines is 1. The van der Waals surface area contributed by atoms with Crippen LogP contribution < -0.4 is 10.0 Å². The number of nitrogens with zero attached hydrogens (tertiary/aromatic N) is 2. The fourth-order valence-corrected chi connectivity index (χ4v) is 3.96. The molecule has 0 unspecified atom stereocenters. The normalized spacial score (nSPS) is 13.0. The summed E-state index contributed by atoms with van der Waals surface area (Å²) in [5.41, 5.74) is -1.27. The minimum atomic E-state index is -4.95. The van der Waals surface area contributed by atoms with Gasteiger partial charge in [-0.05, 0) is 24.6 Å². The van der Waals surface area contributed by atoms with Crippen LogP contribution in [0.1, 0.15) is 29.4 Å². The number of rotatable bonds is 6. The predicted molar refractivity (Wildman–Crippen MR) is 94.9 cm³/mol. The summed E-state index contributed by atoms with van der Waals surface area (Å²) in [4.78, 5) is 11.2. The van der Waals surface area contributed by atoms with E-state index < -0.39 is 62.4 Å². The molecular weight excluding hydrogens is 435 g/mol. The first-order valence-electron chi connectivity index (χ1n) is 8.26. The summed E-state index contributed by atoms with van der Waals surface area (Å²) in [7, 11) is -3.83. The smallest absolute Gasteiger partial charge is 0.343 e. The molecule has 162 valence electrons. The second kappa shape index (κ2) is 8.41. The molecule has 0 radical (unpaired) electrons. The molecule has 2 N–H and O–H groups in total. The van der Waals surface area contributed by atoms with Gasteiger partial charge in [-0.15, -0.1) is 0 Å². The number of hydrogen-bond acceptors (Lipinski definition) is 4. The van der Waals surface area contributed by atoms with Crippen molar-refractivity contribution in [2.24, 2.45) is 7.05 Å². The lowest BCUT2D eigenvalue weighted by atomic mass is 10.2. The van der Waals surface area contributed by atoms with Gasteiger partial charge in [0.2, 0.25) is 10.0 Å². The molecule has 0 aliphatic rings. The zero-order valence-corrected chi connectivity index (χ0v) is 16.3. The monoisotopic (exact) mass is 450 g/mol. The van der Waals surface area contributed by atoms with Crippen LogP contribution >= 0.6 is 0 Å². The molecule has 2 aromatic rings. The lowest BCUT2D eigenvalue weighted by Gasteiger charge is -2.19. The van der Waals surface area contributed by atoms with Crippen molar-refractivity contribution >= 4 is 21.6 Å². The summed E-state index contributed by atoms with van der Waals surface area (Å²) in [5.74, 6) is -3.58. The summed E-state index contributed by atoms with van der Waals surface area (Å²) in [6, 6.07) is 2.05. The highest BCUT2D eigenvalue weighted by Gasteiger charge is 2.42. The number of amides is 1. The van der Waals surface area contributed by atoms with E-state index in [9.17, 15) is 35.2 Å². The van der Waals surface area contributed by atoms with E-state index >= 15 is 0 Å². The van der Waals surface area contributed by atoms with Gasteiger partial charge in [-0.2, -0.15) is 23.2 Å². The van der Waals surface area contributed by atoms with Gasteiger partial charge in [0.1, 0.15) is 28.5 Å². The third kappa shape index (κ3) is 4.77. The maximum Gasteiger partial charge on any atom is 0.404 e. The maximum atomic E-state index is 14.7. The van der Waals surface area contributed by atoms with Crippen LogP contribution in [0.25, 0.3) is 0 Å². The fourth-order valence-electron chi connectivity index (χ4n) is 2.53. The predicted octanol–water partition coefficient (Wildman–Crippen LogP) is 3.05. The molecule has 1 heterocycles. The van der Waals surface area contributed by atoms with Crippen LogP contribution in [0.2, 0.25) is 0 Å². The summed E-state index contributed by atoms with van der Waals surface area (Å²) in [5, 5.41) is 11.0. The van der Waals surface area contributed by atoms with Gasteiger partial charge in [-0.25, -0.2) is 17.2 Å². The molecule has 1 atom stereocenters. The Kier molecular flexibility index (Phi) is 6.53. The van der Waals surface area contributed by atoms with Gasteiger partial charge in [0.05, 0.1) is 5.56 Å². The highest BCUT2D eigenvalue weighted by Crippen LogP contribution is 2.26. The van der Waals surface area contributed by atoms with E-state index in [1.54, 1.807) is 6.07 Å². The van der Waals surface area contributed by atoms with Crippen LogP contribution in [0.15, 0.2) is 29.3 Å². The second-order valence-corrected chi connectivity index (χ2v) is 7.83. The molecule has 0 saturated carbocycles. The number of alkyl halides is 3. The highest BCUT2D eigenvalue weighted by atomic mass is 32.2. The molecule has 2 rings (SSSR count). The number of benzene rings is 1. The molecule has 1 aromatic heterocycles. The number of sulfonamides is 1. The Morgan fingerprint density at radius 1 is 1.30 bits per heavy atom. The van der Waals surface area contributed by atoms with Gasteiger partial charge in [0.15, 0.2) is 5.82 Å². The van der Waals surface area contributed by atoms with Gasteiger partial charge < -0.3 is 9.88 Å². The number of nitriles is 1. The Morgan fingerprint density at radius 2 is 1.93 bits per heavy atom. The topological polar surface area (TPSA) is 104 Å². The van der Waals surface area contributed by atoms with Crippen molar-refractivity contribution in [2.45, 2.75) is 30.5 Å². The summed E-state index contributed by atoms with van der Waals surface area (Å²) in [6.45, 7) is 1.10. The third-order valence-corrected chi connectivity index (χ3v) is 5.50. The van der Waals surface area contributed by atoms with Crippen molar-refractivity contribution in [2.75, 3.05) is 5.32 Å². The van der Waals surface area contributed by atoms with E-state index in [1.165, 1.54) is 4.72 Å². The fraction of sp³-hybridized carbons (Fsp3) is 0.294. The summed E-state index contributed by atoms with van der Waals surface area (Å²) in [6.07, 6.45) is -4.87. The molecule has 0 bridgehead atoms. The first-order valence-corrected chi connectivity index (χ1v) is 9.75. The van der Waals surface area contributed by atoms with E-state index in [0.717, 1.165) is 36.7 Å². The Balaban J connectivity index is 2.37. The number of hydrogen-bond donors (Lipinski definition) is 2. The van der Waals surface area contributed by atoms with Crippen molar-refractivity contribution in [3.8, 4) is 6.07 Å². The number of nitrogens with one attached hydrogen (secondary N) is 2. The van der Waals surface area contributed by atoms with Crippen molar-refractivity contribution in [3.63, 3.8) is 0 Å². The van der Waals surface area contributed by atoms with E-state index in [2.05, 4.69) is 5.32 Å². The quantitative estimate of drug-likeness (QED) is 0.660. The van der Waals surface area contributed by atoms with Crippen LogP contribution in [0.3, 0.4) is 0 Å². The molecule has 0 aliphatic heterocycles. The van der Waals surface area contributed by atoms with E-state index in [0.29, 0.717) is 6.20 Å². The van der Waals surface area contributed by atoms with Gasteiger partial charge in [-0.3, -0.25) is 4.79 Å². The standard InChI is InChI=1S/C17H15F5N4O3S/c1-3-13(17(20,21)22)25-30(28,29)12-8-26(2)15(14(12)19)16(27)24-10-4-5-11(18)9(6-10)7-23/h4-6,8,13,25H,3H2,1-2H3,(H,24,27)/t13-/m0/s1. The van der Waals surface area contributed by atoms with Crippen molar-refractivity contribution < 1.29 is 35.2 Å². The average Bonchev–Trinajstić information content (AvgIpc) is 2.95. The van der Waals surface area contributed by atoms with Crippen molar-refractivity contribution in [1.29, 1.82) is 5.26 Å². The van der Waals surface area contributed by atoms with Crippen LogP contribution in [0.5, 0.6) is 0 Å². The third-order valence-electron chi connectivity index (χ3n) is 4.04. The lowest BCUT2D eigenvalue weighted by molar-refractivity contribution is -0.151. The van der Waals surface area contributed by atoms with Gasteiger partial charge in [0.25, 0.3) is 5.91 Å². The molecule has 30 heavy (non-hydrogen) atoms. The molecule has 0 fully saturated rings. The van der Waals surface area contributed by atoms with E-state index in [1.807, 2.05) is 0 Å². The average molecular weight is 450 g/mol. The Bertz CT molecular complexity index is 1120. The van der Waals surface area contributed by atoms with Crippen molar-refractivity contribution in [1.82, 2.24) is 9.29 Å². The molecule has 1 amide bonds. The zero-order valence-electron chi connectivity index (χ0n) is 15.5. The summed E-state index contributed by atoms with van der Waals surface area (Å²) < 4.78 is 93.4. The first-order chi connectivity index (χ1) is 13.8. The molecule has 0 spiro atoms. The Morgan fingerprint density at radius 3 is 2.47 bits per heavy atom. The molecular formula is C17H15F5N4O3S. The molecule has 0 saturated heterocycles. The van der Waals surface area contributed by atoms with E-state index in [4.69, 9.17) is 5.26 Å². The Labute approximate surface area is 168 Å². The second-order valence-electron chi connectivity index (χ2n) is 6.15. The maximum absolute atomic E-state index is 14.7. The lowest BCUT2D eigenvalue weighted by Crippen LogP contribution is -2.44. The molecule has 1 aromatic carbocycles. The first kappa shape index (κ1) is 23.3. The minimum Gasteiger partial charge on any atom is -0.343 e. The van der Waals surface area contributed by atoms with Gasteiger partial charge in [-0.1, -0.05) is 6.92 Å². The summed E-state index contributed by atoms with van der Waals surface area (Å²) >= 11 is 0. The number of halogens is 5. The Hall–Kier alpha value is -2.98. The van der Waals surface area contributed by atoms with Crippen LogP contribution in [-0.2, 0) is 17.1 Å². The minimum absolute atomic E-state index is 0.0794. The number of carbonyl (C=O) groups excluding carboxylic acids is 1. The molecule has 7 nitrogen and oxygen atoms in total. The SMILES string of the molecule is CC[C@H](NS(=O)(=O)c1cn(C)c(C(=O)Nc2ccc(F)c(C#N)c2)c1F)C(F)(F)F. The van der Waals surface area contributed by atoms with Crippen LogP contribution in [0, 0.1) is 23.0 Å². The van der Waals surface area contributed by atoms with Gasteiger partial charge >= 0.3 is 6.18 Å². The van der Waals surface area contributed by atoms with E-state index in [-0.39, 0.29) is 5.69 Å². The molecule has 13 heteroatoms. The number of aromatic nitrogens is 1. The van der Waals surface area contributed by atoms with Crippen LogP contribution in [0.4, 0.5) is 27.6 Å². The largest absolute Gasteiger partial charge is 0.404 e. The van der Waals surface area contributed by atoms with Crippen molar-refractivity contribution in [3.05, 3.63) is 47.3 Å².